The van der Waals surface area contributed by atoms with Crippen LogP contribution in [0, 0.1) is 0 Å². The number of allylic oxidation sites excluding steroid dienone is 16. The van der Waals surface area contributed by atoms with Crippen molar-refractivity contribution in [2.45, 2.75) is 360 Å². The van der Waals surface area contributed by atoms with Crippen LogP contribution in [-0.4, -0.2) is 49.3 Å². The lowest BCUT2D eigenvalue weighted by Crippen LogP contribution is -2.29. The summed E-state index contributed by atoms with van der Waals surface area (Å²) in [5.74, 6) is -0.836. The number of phosphoric ester groups is 1. The van der Waals surface area contributed by atoms with E-state index in [0.717, 1.165) is 109 Å². The Labute approximate surface area is 544 Å². The lowest BCUT2D eigenvalue weighted by atomic mass is 10.0. The van der Waals surface area contributed by atoms with Crippen LogP contribution in [0.1, 0.15) is 354 Å². The van der Waals surface area contributed by atoms with Crippen LogP contribution in [0.15, 0.2) is 97.2 Å². The average molecular weight is 1250 g/mol. The Kier molecular flexibility index (Phi) is 70.4. The first-order valence-corrected chi connectivity index (χ1v) is 38.7. The molecule has 0 radical (unpaired) electrons. The van der Waals surface area contributed by atoms with Crippen LogP contribution in [0.5, 0.6) is 0 Å². The molecular formula is C78H140NO8P. The Hall–Kier alpha value is -3.07. The molecule has 510 valence electrons. The molecule has 0 aromatic heterocycles. The number of rotatable bonds is 70. The SMILES string of the molecule is CC/C=C\C/C=C\C/C=C\C/C=C\C/C=C\C/C=C\C/C=C\C/C=C\CCCCCCCCC(=O)OC(COC(=O)CCCCCCCCCCCCCCCCCCCCCCCCCCCCCCCCCCCCCC)COP(=O)(O)OCCN. The molecule has 0 aliphatic rings. The number of nitrogens with two attached hydrogens (primary N) is 1. The average Bonchev–Trinajstić information content (AvgIpc) is 3.71. The number of ether oxygens (including phenoxy) is 2. The Morgan fingerprint density at radius 2 is 0.625 bits per heavy atom. The molecule has 10 heteroatoms. The van der Waals surface area contributed by atoms with Crippen LogP contribution in [0.4, 0.5) is 0 Å². The maximum Gasteiger partial charge on any atom is 0.472 e. The molecule has 0 saturated carbocycles. The number of hydrogen-bond acceptors (Lipinski definition) is 8. The van der Waals surface area contributed by atoms with E-state index in [2.05, 4.69) is 111 Å². The maximum absolute atomic E-state index is 12.8. The fourth-order valence-corrected chi connectivity index (χ4v) is 11.5. The number of phosphoric acid groups is 1. The molecule has 0 fully saturated rings. The van der Waals surface area contributed by atoms with E-state index in [9.17, 15) is 19.0 Å². The second-order valence-corrected chi connectivity index (χ2v) is 26.2. The van der Waals surface area contributed by atoms with Crippen LogP contribution in [0.3, 0.4) is 0 Å². The number of esters is 2. The van der Waals surface area contributed by atoms with Gasteiger partial charge in [-0.05, 0) is 77.0 Å². The summed E-state index contributed by atoms with van der Waals surface area (Å²) in [7, 11) is -4.40. The van der Waals surface area contributed by atoms with E-state index in [4.69, 9.17) is 24.3 Å². The molecule has 0 aliphatic heterocycles. The summed E-state index contributed by atoms with van der Waals surface area (Å²) in [6, 6.07) is 0. The van der Waals surface area contributed by atoms with Gasteiger partial charge in [0.1, 0.15) is 6.61 Å². The van der Waals surface area contributed by atoms with Crippen molar-refractivity contribution >= 4 is 19.8 Å². The molecule has 2 atom stereocenters. The lowest BCUT2D eigenvalue weighted by molar-refractivity contribution is -0.161. The van der Waals surface area contributed by atoms with Gasteiger partial charge in [-0.25, -0.2) is 4.57 Å². The van der Waals surface area contributed by atoms with Gasteiger partial charge in [-0.1, -0.05) is 361 Å². The molecule has 2 unspecified atom stereocenters. The van der Waals surface area contributed by atoms with Gasteiger partial charge in [0.15, 0.2) is 6.10 Å². The number of hydrogen-bond donors (Lipinski definition) is 2. The van der Waals surface area contributed by atoms with Crippen LogP contribution >= 0.6 is 7.82 Å². The molecule has 0 aromatic rings. The quantitative estimate of drug-likeness (QED) is 0.0264. The third kappa shape index (κ3) is 72.0. The van der Waals surface area contributed by atoms with Crippen LogP contribution < -0.4 is 5.73 Å². The normalized spacial score (nSPS) is 13.5. The molecule has 0 spiro atoms. The largest absolute Gasteiger partial charge is 0.472 e. The first-order valence-electron chi connectivity index (χ1n) is 37.2. The monoisotopic (exact) mass is 1250 g/mol. The van der Waals surface area contributed by atoms with Gasteiger partial charge in [0.25, 0.3) is 0 Å². The number of unbranched alkanes of at least 4 members (excludes halogenated alkanes) is 41. The minimum absolute atomic E-state index is 0.0475. The first-order chi connectivity index (χ1) is 43.3. The van der Waals surface area contributed by atoms with Crippen LogP contribution in [0.25, 0.3) is 0 Å². The minimum atomic E-state index is -4.40. The second-order valence-electron chi connectivity index (χ2n) is 24.8. The Bertz CT molecular complexity index is 1770. The summed E-state index contributed by atoms with van der Waals surface area (Å²) in [5.41, 5.74) is 5.40. The molecule has 9 nitrogen and oxygen atoms in total. The van der Waals surface area contributed by atoms with Gasteiger partial charge in [-0.3, -0.25) is 18.6 Å². The highest BCUT2D eigenvalue weighted by molar-refractivity contribution is 7.47. The van der Waals surface area contributed by atoms with E-state index in [1.54, 1.807) is 0 Å². The van der Waals surface area contributed by atoms with Gasteiger partial charge < -0.3 is 20.1 Å². The molecule has 0 aromatic carbocycles. The highest BCUT2D eigenvalue weighted by Gasteiger charge is 2.26. The lowest BCUT2D eigenvalue weighted by Gasteiger charge is -2.19. The minimum Gasteiger partial charge on any atom is -0.462 e. The van der Waals surface area contributed by atoms with Crippen molar-refractivity contribution in [3.05, 3.63) is 97.2 Å². The summed E-state index contributed by atoms with van der Waals surface area (Å²) in [6.07, 6.45) is 99.6. The number of carbonyl (C=O) groups excluding carboxylic acids is 2. The molecule has 0 aliphatic carbocycles. The van der Waals surface area contributed by atoms with Gasteiger partial charge in [0.2, 0.25) is 0 Å². The van der Waals surface area contributed by atoms with Crippen molar-refractivity contribution in [2.24, 2.45) is 5.73 Å². The van der Waals surface area contributed by atoms with Gasteiger partial charge in [-0.15, -0.1) is 0 Å². The van der Waals surface area contributed by atoms with E-state index < -0.39 is 26.5 Å². The van der Waals surface area contributed by atoms with Crippen molar-refractivity contribution in [2.75, 3.05) is 26.4 Å². The summed E-state index contributed by atoms with van der Waals surface area (Å²) >= 11 is 0. The predicted molar refractivity (Wildman–Crippen MR) is 381 cm³/mol. The van der Waals surface area contributed by atoms with E-state index >= 15 is 0 Å². The third-order valence-electron chi connectivity index (χ3n) is 16.2. The Morgan fingerprint density at radius 3 is 0.932 bits per heavy atom. The predicted octanol–water partition coefficient (Wildman–Crippen LogP) is 24.7. The van der Waals surface area contributed by atoms with Crippen molar-refractivity contribution < 1.29 is 37.6 Å². The molecule has 3 N–H and O–H groups in total. The Morgan fingerprint density at radius 1 is 0.352 bits per heavy atom. The fourth-order valence-electron chi connectivity index (χ4n) is 10.8. The highest BCUT2D eigenvalue weighted by Crippen LogP contribution is 2.43. The second kappa shape index (κ2) is 73.0. The zero-order chi connectivity index (χ0) is 63.7. The van der Waals surface area contributed by atoms with E-state index in [-0.39, 0.29) is 38.6 Å². The summed E-state index contributed by atoms with van der Waals surface area (Å²) in [5, 5.41) is 0. The molecule has 88 heavy (non-hydrogen) atoms. The first kappa shape index (κ1) is 84.9. The molecule has 0 rings (SSSR count). The van der Waals surface area contributed by atoms with E-state index in [0.29, 0.717) is 6.42 Å². The summed E-state index contributed by atoms with van der Waals surface area (Å²) in [4.78, 5) is 35.4. The maximum atomic E-state index is 12.8. The van der Waals surface area contributed by atoms with Crippen LogP contribution in [-0.2, 0) is 32.7 Å². The standard InChI is InChI=1S/C78H140NO8P/c1-3-5-7-9-11-13-15-17-19-21-23-25-27-29-31-33-35-36-37-38-39-41-42-44-46-48-50-52-54-56-58-60-62-64-66-68-70-77(80)84-74-76(75-86-88(82,83)85-73-72-79)87-78(81)71-69-67-65-63-61-59-57-55-53-51-49-47-45-43-40-34-32-30-28-26-24-22-20-18-16-14-12-10-8-6-4-2/h6,8,12,14,18,20,24,26,30,32,40,43,47,49,53,55,76H,3-5,7,9-11,13,15-17,19,21-23,25,27-29,31,33-39,41-42,44-46,48,50-52,54,56-75,79H2,1-2H3,(H,82,83)/b8-6-,14-12-,20-18-,26-24-,32-30-,43-40-,49-47-,55-53-. The molecule has 0 saturated heterocycles. The molecular weight excluding hydrogens is 1110 g/mol. The van der Waals surface area contributed by atoms with Crippen molar-refractivity contribution in [1.29, 1.82) is 0 Å². The Balaban J connectivity index is 3.86. The highest BCUT2D eigenvalue weighted by atomic mass is 31.2. The van der Waals surface area contributed by atoms with Gasteiger partial charge in [-0.2, -0.15) is 0 Å². The molecule has 0 heterocycles. The zero-order valence-electron chi connectivity index (χ0n) is 57.4. The van der Waals surface area contributed by atoms with Gasteiger partial charge in [0.05, 0.1) is 13.2 Å². The van der Waals surface area contributed by atoms with Crippen molar-refractivity contribution in [1.82, 2.24) is 0 Å². The van der Waals surface area contributed by atoms with Crippen molar-refractivity contribution in [3.63, 3.8) is 0 Å². The summed E-state index contributed by atoms with van der Waals surface area (Å²) < 4.78 is 33.2. The van der Waals surface area contributed by atoms with E-state index in [1.165, 1.54) is 212 Å². The fraction of sp³-hybridized carbons (Fsp3) is 0.769. The van der Waals surface area contributed by atoms with Gasteiger partial charge in [0, 0.05) is 19.4 Å². The smallest absolute Gasteiger partial charge is 0.462 e. The van der Waals surface area contributed by atoms with Crippen molar-refractivity contribution in [3.8, 4) is 0 Å². The topological polar surface area (TPSA) is 134 Å². The third-order valence-corrected chi connectivity index (χ3v) is 17.2. The molecule has 0 amide bonds. The van der Waals surface area contributed by atoms with Crippen LogP contribution in [0.2, 0.25) is 0 Å². The number of carbonyl (C=O) groups is 2. The molecule has 0 bridgehead atoms. The zero-order valence-corrected chi connectivity index (χ0v) is 58.3. The summed E-state index contributed by atoms with van der Waals surface area (Å²) in [6.45, 7) is 3.66. The van der Waals surface area contributed by atoms with Gasteiger partial charge >= 0.3 is 19.8 Å². The van der Waals surface area contributed by atoms with E-state index in [1.807, 2.05) is 0 Å².